The SMILES string of the molecule is O.O.[SrH2].[Ti]. The molecule has 0 unspecified atom stereocenters. The standard InChI is InChI=1S/2H2O.Sr.Ti.2H/h2*1H2;;;;. The van der Waals surface area contributed by atoms with Crippen LogP contribution in [0.3, 0.4) is 0 Å². The largest absolute Gasteiger partial charge is 0 e. The molecule has 0 saturated heterocycles. The molecular formula is H6O2SrTi. The van der Waals surface area contributed by atoms with E-state index in [-0.39, 0.29) is 78.2 Å². The summed E-state index contributed by atoms with van der Waals surface area (Å²) in [7, 11) is 0. The zero-order valence-electron chi connectivity index (χ0n) is 1.50. The van der Waals surface area contributed by atoms with Crippen molar-refractivity contribution in [2.45, 2.75) is 0 Å². The third-order valence-electron chi connectivity index (χ3n) is 0. The molecule has 24 valence electrons. The van der Waals surface area contributed by atoms with Crippen molar-refractivity contribution in [1.29, 1.82) is 0 Å². The van der Waals surface area contributed by atoms with E-state index >= 15 is 0 Å². The van der Waals surface area contributed by atoms with Crippen molar-refractivity contribution in [3.63, 3.8) is 0 Å². The van der Waals surface area contributed by atoms with Gasteiger partial charge in [0.15, 0.2) is 0 Å². The fraction of sp³-hybridized carbons (Fsp3) is 0. The van der Waals surface area contributed by atoms with Crippen molar-refractivity contribution >= 4 is 45.5 Å². The van der Waals surface area contributed by atoms with Gasteiger partial charge in [-0.3, -0.25) is 0 Å². The van der Waals surface area contributed by atoms with Crippen LogP contribution in [0.5, 0.6) is 0 Å². The molecule has 0 aliphatic carbocycles. The van der Waals surface area contributed by atoms with Gasteiger partial charge in [-0.1, -0.05) is 0 Å². The first-order valence-electron chi connectivity index (χ1n) is 0. The Balaban J connectivity index is 0. The van der Waals surface area contributed by atoms with Gasteiger partial charge in [0, 0.05) is 21.7 Å². The number of hydrogen-bond acceptors (Lipinski definition) is 0. The van der Waals surface area contributed by atoms with Gasteiger partial charge in [-0.05, 0) is 0 Å². The average Bonchev–Trinajstić information content (AvgIpc) is 0. The molecule has 0 spiro atoms. The second kappa shape index (κ2) is 19.4. The Hall–Kier alpha value is 2.11. The van der Waals surface area contributed by atoms with Crippen molar-refractivity contribution < 1.29 is 32.7 Å². The van der Waals surface area contributed by atoms with Crippen LogP contribution in [0.4, 0.5) is 0 Å². The van der Waals surface area contributed by atoms with Gasteiger partial charge >= 0.3 is 45.5 Å². The third-order valence-corrected chi connectivity index (χ3v) is 0. The van der Waals surface area contributed by atoms with Crippen LogP contribution in [-0.4, -0.2) is 56.4 Å². The summed E-state index contributed by atoms with van der Waals surface area (Å²) in [5, 5.41) is 0. The smallest absolute Gasteiger partial charge is 0 e. The second-order valence-corrected chi connectivity index (χ2v) is 0. The molecule has 4 heavy (non-hydrogen) atoms. The van der Waals surface area contributed by atoms with E-state index in [1.807, 2.05) is 0 Å². The van der Waals surface area contributed by atoms with E-state index in [9.17, 15) is 0 Å². The van der Waals surface area contributed by atoms with Crippen LogP contribution in [0.15, 0.2) is 0 Å². The molecule has 2 nitrogen and oxygen atoms in total. The molecule has 0 heterocycles. The van der Waals surface area contributed by atoms with E-state index in [0.29, 0.717) is 0 Å². The Labute approximate surface area is 76.7 Å². The number of rotatable bonds is 0. The quantitative estimate of drug-likeness (QED) is 0.362. The maximum Gasteiger partial charge on any atom is 0 e. The van der Waals surface area contributed by atoms with Gasteiger partial charge in [0.1, 0.15) is 0 Å². The molecule has 0 radical (unpaired) electrons. The predicted molar refractivity (Wildman–Crippen MR) is 15.8 cm³/mol. The second-order valence-electron chi connectivity index (χ2n) is 0. The molecule has 4 heteroatoms. The molecular weight excluding hydrogens is 167 g/mol. The van der Waals surface area contributed by atoms with Crippen LogP contribution >= 0.6 is 0 Å². The molecule has 0 amide bonds. The fourth-order valence-corrected chi connectivity index (χ4v) is 0. The zero-order chi connectivity index (χ0) is 0. The normalized spacial score (nSPS) is 0. The van der Waals surface area contributed by atoms with E-state index in [0.717, 1.165) is 0 Å². The summed E-state index contributed by atoms with van der Waals surface area (Å²) in [6.07, 6.45) is 0. The minimum absolute atomic E-state index is 0. The topological polar surface area (TPSA) is 63.0 Å². The van der Waals surface area contributed by atoms with Gasteiger partial charge in [-0.15, -0.1) is 0 Å². The summed E-state index contributed by atoms with van der Waals surface area (Å²) in [5.41, 5.74) is 0. The molecule has 0 saturated carbocycles. The van der Waals surface area contributed by atoms with Crippen LogP contribution in [-0.2, 0) is 21.7 Å². The van der Waals surface area contributed by atoms with Crippen LogP contribution < -0.4 is 0 Å². The predicted octanol–water partition coefficient (Wildman–Crippen LogP) is -2.57. The van der Waals surface area contributed by atoms with E-state index in [4.69, 9.17) is 0 Å². The van der Waals surface area contributed by atoms with Crippen LogP contribution in [0.25, 0.3) is 0 Å². The molecule has 0 aromatic rings. The van der Waals surface area contributed by atoms with Crippen molar-refractivity contribution in [1.82, 2.24) is 0 Å². The average molecular weight is 174 g/mol. The van der Waals surface area contributed by atoms with Crippen molar-refractivity contribution in [2.75, 3.05) is 0 Å². The first-order chi connectivity index (χ1) is 0. The first kappa shape index (κ1) is 35.8. The van der Waals surface area contributed by atoms with Crippen molar-refractivity contribution in [3.8, 4) is 0 Å². The van der Waals surface area contributed by atoms with E-state index in [2.05, 4.69) is 0 Å². The van der Waals surface area contributed by atoms with Crippen LogP contribution in [0.1, 0.15) is 0 Å². The maximum atomic E-state index is 0. The molecule has 0 aliphatic rings. The minimum Gasteiger partial charge on any atom is 0 e. The molecule has 0 atom stereocenters. The van der Waals surface area contributed by atoms with Gasteiger partial charge in [0.05, 0.1) is 0 Å². The summed E-state index contributed by atoms with van der Waals surface area (Å²) in [5.74, 6) is 0. The summed E-state index contributed by atoms with van der Waals surface area (Å²) >= 11 is 0. The zero-order valence-corrected chi connectivity index (χ0v) is 3.06. The van der Waals surface area contributed by atoms with E-state index < -0.39 is 0 Å². The molecule has 0 aliphatic heterocycles. The Kier molecular flexibility index (Phi) is 173. The Morgan fingerprint density at radius 3 is 0.750 bits per heavy atom. The third kappa shape index (κ3) is 8.93. The van der Waals surface area contributed by atoms with E-state index in [1.54, 1.807) is 0 Å². The van der Waals surface area contributed by atoms with Gasteiger partial charge in [-0.2, -0.15) is 0 Å². The van der Waals surface area contributed by atoms with Crippen molar-refractivity contribution in [2.24, 2.45) is 0 Å². The minimum atomic E-state index is 0. The summed E-state index contributed by atoms with van der Waals surface area (Å²) < 4.78 is 0. The summed E-state index contributed by atoms with van der Waals surface area (Å²) in [6.45, 7) is 0. The molecule has 0 fully saturated rings. The van der Waals surface area contributed by atoms with Crippen molar-refractivity contribution in [3.05, 3.63) is 0 Å². The van der Waals surface area contributed by atoms with E-state index in [1.165, 1.54) is 0 Å². The molecule has 0 aromatic carbocycles. The molecule has 0 bridgehead atoms. The Bertz CT molecular complexity index is 6.00. The van der Waals surface area contributed by atoms with Gasteiger partial charge in [0.25, 0.3) is 0 Å². The molecule has 4 N–H and O–H groups in total. The fourth-order valence-electron chi connectivity index (χ4n) is 0. The Morgan fingerprint density at radius 2 is 0.750 bits per heavy atom. The maximum absolute atomic E-state index is 0. The van der Waals surface area contributed by atoms with Crippen LogP contribution in [0, 0.1) is 0 Å². The monoisotopic (exact) mass is 174 g/mol. The summed E-state index contributed by atoms with van der Waals surface area (Å²) in [6, 6.07) is 0. The molecule has 0 aromatic heterocycles. The number of hydrogen-bond donors (Lipinski definition) is 0. The van der Waals surface area contributed by atoms with Gasteiger partial charge < -0.3 is 11.0 Å². The van der Waals surface area contributed by atoms with Gasteiger partial charge in [0.2, 0.25) is 0 Å². The van der Waals surface area contributed by atoms with Gasteiger partial charge in [-0.25, -0.2) is 0 Å². The summed E-state index contributed by atoms with van der Waals surface area (Å²) in [4.78, 5) is 0. The molecule has 0 rings (SSSR count). The Morgan fingerprint density at radius 1 is 0.750 bits per heavy atom. The van der Waals surface area contributed by atoms with Crippen LogP contribution in [0.2, 0.25) is 0 Å². The first-order valence-corrected chi connectivity index (χ1v) is 0.